The van der Waals surface area contributed by atoms with Crippen molar-refractivity contribution in [2.24, 2.45) is 0 Å². The normalized spacial score (nSPS) is 11.4. The van der Waals surface area contributed by atoms with E-state index in [1.807, 2.05) is 43.3 Å². The van der Waals surface area contributed by atoms with Crippen LogP contribution in [-0.2, 0) is 27.9 Å². The number of ether oxygens (including phenoxy) is 1. The monoisotopic (exact) mass is 390 g/mol. The number of methoxy groups -OCH3 is 1. The summed E-state index contributed by atoms with van der Waals surface area (Å²) in [6, 6.07) is 15.1. The van der Waals surface area contributed by atoms with Gasteiger partial charge in [-0.05, 0) is 30.2 Å². The molecule has 2 aromatic carbocycles. The van der Waals surface area contributed by atoms with Crippen LogP contribution >= 0.6 is 0 Å². The Morgan fingerprint density at radius 2 is 1.63 bits per heavy atom. The third-order valence-corrected chi connectivity index (χ3v) is 5.44. The Bertz CT molecular complexity index is 847. The van der Waals surface area contributed by atoms with Gasteiger partial charge in [0.1, 0.15) is 5.75 Å². The number of aryl methyl sites for hydroxylation is 1. The van der Waals surface area contributed by atoms with Crippen LogP contribution < -0.4 is 10.1 Å². The number of rotatable bonds is 9. The minimum absolute atomic E-state index is 0.106. The van der Waals surface area contributed by atoms with Crippen molar-refractivity contribution in [1.29, 1.82) is 0 Å². The van der Waals surface area contributed by atoms with Crippen molar-refractivity contribution in [3.8, 4) is 5.75 Å². The molecule has 2 rings (SSSR count). The minimum atomic E-state index is -3.42. The van der Waals surface area contributed by atoms with Crippen molar-refractivity contribution in [3.63, 3.8) is 0 Å². The van der Waals surface area contributed by atoms with Gasteiger partial charge in [-0.15, -0.1) is 0 Å². The van der Waals surface area contributed by atoms with E-state index in [0.717, 1.165) is 22.9 Å². The van der Waals surface area contributed by atoms with Crippen LogP contribution in [0, 0.1) is 6.92 Å². The average molecular weight is 391 g/mol. The number of benzene rings is 2. The molecule has 0 heterocycles. The van der Waals surface area contributed by atoms with E-state index in [4.69, 9.17) is 4.74 Å². The van der Waals surface area contributed by atoms with Gasteiger partial charge in [0.25, 0.3) is 0 Å². The number of carbonyl (C=O) groups excluding carboxylic acids is 1. The number of amides is 1. The van der Waals surface area contributed by atoms with Gasteiger partial charge >= 0.3 is 0 Å². The van der Waals surface area contributed by atoms with E-state index < -0.39 is 10.0 Å². The Hall–Kier alpha value is -2.38. The molecule has 1 amide bonds. The second kappa shape index (κ2) is 9.53. The van der Waals surface area contributed by atoms with Gasteiger partial charge in [-0.1, -0.05) is 42.0 Å². The number of nitrogens with one attached hydrogen (secondary N) is 1. The quantitative estimate of drug-likeness (QED) is 0.714. The lowest BCUT2D eigenvalue weighted by Gasteiger charge is -2.20. The predicted molar refractivity (Wildman–Crippen MR) is 106 cm³/mol. The van der Waals surface area contributed by atoms with Crippen molar-refractivity contribution < 1.29 is 17.9 Å². The van der Waals surface area contributed by atoms with Gasteiger partial charge in [-0.2, -0.15) is 4.31 Å². The molecule has 6 nitrogen and oxygen atoms in total. The van der Waals surface area contributed by atoms with Gasteiger partial charge in [-0.3, -0.25) is 4.79 Å². The summed E-state index contributed by atoms with van der Waals surface area (Å²) >= 11 is 0. The second-order valence-corrected chi connectivity index (χ2v) is 8.44. The zero-order valence-electron chi connectivity index (χ0n) is 15.9. The fourth-order valence-electron chi connectivity index (χ4n) is 2.52. The van der Waals surface area contributed by atoms with E-state index in [-0.39, 0.29) is 25.4 Å². The van der Waals surface area contributed by atoms with Crippen molar-refractivity contribution in [2.75, 3.05) is 19.9 Å². The van der Waals surface area contributed by atoms with Crippen LogP contribution in [0.3, 0.4) is 0 Å². The summed E-state index contributed by atoms with van der Waals surface area (Å²) in [6.07, 6.45) is 1.26. The van der Waals surface area contributed by atoms with Crippen molar-refractivity contribution in [1.82, 2.24) is 9.62 Å². The molecule has 0 saturated heterocycles. The van der Waals surface area contributed by atoms with Gasteiger partial charge in [0.2, 0.25) is 15.9 Å². The first kappa shape index (κ1) is 20.9. The number of hydrogen-bond donors (Lipinski definition) is 1. The molecule has 0 aliphatic carbocycles. The molecule has 146 valence electrons. The smallest absolute Gasteiger partial charge is 0.221 e. The third-order valence-electron chi connectivity index (χ3n) is 4.19. The maximum Gasteiger partial charge on any atom is 0.221 e. The molecule has 0 aromatic heterocycles. The molecule has 0 atom stereocenters. The van der Waals surface area contributed by atoms with E-state index in [2.05, 4.69) is 5.32 Å². The lowest BCUT2D eigenvalue weighted by Crippen LogP contribution is -2.34. The first-order valence-electron chi connectivity index (χ1n) is 8.68. The van der Waals surface area contributed by atoms with E-state index in [1.165, 1.54) is 4.31 Å². The standard InChI is InChI=1S/C20H26N2O4S/c1-16-4-6-17(7-5-16)14-21-20(23)12-13-22(27(3,24)25)15-18-8-10-19(26-2)11-9-18/h4-11H,12-15H2,1-3H3,(H,21,23). The largest absolute Gasteiger partial charge is 0.497 e. The lowest BCUT2D eigenvalue weighted by atomic mass is 10.1. The first-order valence-corrected chi connectivity index (χ1v) is 10.5. The average Bonchev–Trinajstić information content (AvgIpc) is 2.64. The summed E-state index contributed by atoms with van der Waals surface area (Å²) in [5.41, 5.74) is 3.00. The highest BCUT2D eigenvalue weighted by Gasteiger charge is 2.18. The fraction of sp³-hybridized carbons (Fsp3) is 0.350. The molecule has 2 aromatic rings. The van der Waals surface area contributed by atoms with Gasteiger partial charge in [0.05, 0.1) is 13.4 Å². The molecule has 27 heavy (non-hydrogen) atoms. The summed E-state index contributed by atoms with van der Waals surface area (Å²) in [7, 11) is -1.85. The van der Waals surface area contributed by atoms with Crippen LogP contribution in [0.2, 0.25) is 0 Å². The molecule has 0 spiro atoms. The molecule has 0 unspecified atom stereocenters. The van der Waals surface area contributed by atoms with E-state index in [1.54, 1.807) is 19.2 Å². The summed E-state index contributed by atoms with van der Waals surface area (Å²) in [5.74, 6) is 0.527. The number of sulfonamides is 1. The fourth-order valence-corrected chi connectivity index (χ4v) is 3.32. The Kier molecular flexibility index (Phi) is 7.38. The van der Waals surface area contributed by atoms with Crippen molar-refractivity contribution >= 4 is 15.9 Å². The van der Waals surface area contributed by atoms with Gasteiger partial charge in [0, 0.05) is 26.1 Å². The van der Waals surface area contributed by atoms with Gasteiger partial charge < -0.3 is 10.1 Å². The Labute approximate surface area is 161 Å². The molecule has 0 fully saturated rings. The van der Waals surface area contributed by atoms with Crippen LogP contribution in [-0.4, -0.2) is 38.5 Å². The summed E-state index contributed by atoms with van der Waals surface area (Å²) < 4.78 is 30.5. The molecule has 0 radical (unpaired) electrons. The Balaban J connectivity index is 1.89. The zero-order valence-corrected chi connectivity index (χ0v) is 16.8. The second-order valence-electron chi connectivity index (χ2n) is 6.46. The molecule has 0 saturated carbocycles. The number of hydrogen-bond acceptors (Lipinski definition) is 4. The van der Waals surface area contributed by atoms with Crippen LogP contribution in [0.15, 0.2) is 48.5 Å². The van der Waals surface area contributed by atoms with E-state index >= 15 is 0 Å². The van der Waals surface area contributed by atoms with Crippen LogP contribution in [0.4, 0.5) is 0 Å². The van der Waals surface area contributed by atoms with Crippen LogP contribution in [0.5, 0.6) is 5.75 Å². The number of nitrogens with zero attached hydrogens (tertiary/aromatic N) is 1. The van der Waals surface area contributed by atoms with E-state index in [0.29, 0.717) is 12.3 Å². The van der Waals surface area contributed by atoms with Gasteiger partial charge in [-0.25, -0.2) is 8.42 Å². The maximum atomic E-state index is 12.1. The summed E-state index contributed by atoms with van der Waals surface area (Å²) in [6.45, 7) is 2.78. The van der Waals surface area contributed by atoms with Crippen LogP contribution in [0.25, 0.3) is 0 Å². The molecule has 7 heteroatoms. The Morgan fingerprint density at radius 1 is 1.04 bits per heavy atom. The van der Waals surface area contributed by atoms with E-state index in [9.17, 15) is 13.2 Å². The topological polar surface area (TPSA) is 75.7 Å². The molecular weight excluding hydrogens is 364 g/mol. The third kappa shape index (κ3) is 7.03. The lowest BCUT2D eigenvalue weighted by molar-refractivity contribution is -0.121. The first-order chi connectivity index (χ1) is 12.8. The molecule has 0 aliphatic rings. The minimum Gasteiger partial charge on any atom is -0.497 e. The zero-order chi connectivity index (χ0) is 19.9. The molecule has 0 aliphatic heterocycles. The van der Waals surface area contributed by atoms with Crippen molar-refractivity contribution in [2.45, 2.75) is 26.4 Å². The van der Waals surface area contributed by atoms with Crippen molar-refractivity contribution in [3.05, 3.63) is 65.2 Å². The summed E-state index contributed by atoms with van der Waals surface area (Å²) in [5, 5.41) is 2.83. The molecule has 0 bridgehead atoms. The Morgan fingerprint density at radius 3 is 2.19 bits per heavy atom. The predicted octanol–water partition coefficient (Wildman–Crippen LogP) is 2.47. The van der Waals surface area contributed by atoms with Gasteiger partial charge in [0.15, 0.2) is 0 Å². The highest BCUT2D eigenvalue weighted by atomic mass is 32.2. The maximum absolute atomic E-state index is 12.1. The summed E-state index contributed by atoms with van der Waals surface area (Å²) in [4.78, 5) is 12.1. The molecular formula is C20H26N2O4S. The molecule has 1 N–H and O–H groups in total. The highest BCUT2D eigenvalue weighted by Crippen LogP contribution is 2.14. The van der Waals surface area contributed by atoms with Crippen LogP contribution in [0.1, 0.15) is 23.1 Å². The highest BCUT2D eigenvalue weighted by molar-refractivity contribution is 7.88. The number of carbonyl (C=O) groups is 1. The SMILES string of the molecule is COc1ccc(CN(CCC(=O)NCc2ccc(C)cc2)S(C)(=O)=O)cc1.